The molecular formula is C17H12FN. The van der Waals surface area contributed by atoms with Gasteiger partial charge in [-0.1, -0.05) is 42.5 Å². The molecule has 19 heavy (non-hydrogen) atoms. The molecule has 0 aliphatic heterocycles. The molecular weight excluding hydrogens is 237 g/mol. The number of fused-ring (bicyclic) bond motifs is 1. The molecule has 0 amide bonds. The minimum absolute atomic E-state index is 0.241. The molecule has 0 spiro atoms. The number of hydrogen-bond donors (Lipinski definition) is 0. The van der Waals surface area contributed by atoms with Crippen LogP contribution in [0.25, 0.3) is 23.1 Å². The van der Waals surface area contributed by atoms with Gasteiger partial charge < -0.3 is 0 Å². The quantitative estimate of drug-likeness (QED) is 0.649. The summed E-state index contributed by atoms with van der Waals surface area (Å²) >= 11 is 0. The Morgan fingerprint density at radius 2 is 1.74 bits per heavy atom. The van der Waals surface area contributed by atoms with E-state index >= 15 is 0 Å². The van der Waals surface area contributed by atoms with E-state index in [1.54, 1.807) is 12.3 Å². The molecule has 2 aromatic carbocycles. The second kappa shape index (κ2) is 5.02. The van der Waals surface area contributed by atoms with Crippen molar-refractivity contribution in [2.75, 3.05) is 0 Å². The first-order valence-electron chi connectivity index (χ1n) is 6.10. The van der Waals surface area contributed by atoms with Crippen molar-refractivity contribution in [3.05, 3.63) is 77.7 Å². The van der Waals surface area contributed by atoms with E-state index in [0.717, 1.165) is 22.0 Å². The predicted molar refractivity (Wildman–Crippen MR) is 77.1 cm³/mol. The molecule has 0 unspecified atom stereocenters. The summed E-state index contributed by atoms with van der Waals surface area (Å²) in [7, 11) is 0. The predicted octanol–water partition coefficient (Wildman–Crippen LogP) is 4.54. The Morgan fingerprint density at radius 3 is 2.58 bits per heavy atom. The van der Waals surface area contributed by atoms with Crippen LogP contribution in [-0.4, -0.2) is 4.98 Å². The molecule has 0 saturated carbocycles. The van der Waals surface area contributed by atoms with Crippen LogP contribution in [0.15, 0.2) is 60.8 Å². The topological polar surface area (TPSA) is 12.9 Å². The minimum Gasteiger partial charge on any atom is -0.256 e. The molecule has 0 saturated heterocycles. The van der Waals surface area contributed by atoms with Gasteiger partial charge in [-0.3, -0.25) is 4.98 Å². The van der Waals surface area contributed by atoms with Crippen LogP contribution >= 0.6 is 0 Å². The maximum absolute atomic E-state index is 13.3. The molecule has 0 fully saturated rings. The SMILES string of the molecule is Fc1ccc2nccc(/C=C/c3ccccc3)c2c1. The summed E-state index contributed by atoms with van der Waals surface area (Å²) in [6.07, 6.45) is 5.74. The molecule has 2 heteroatoms. The Balaban J connectivity index is 2.06. The van der Waals surface area contributed by atoms with E-state index in [2.05, 4.69) is 4.98 Å². The van der Waals surface area contributed by atoms with Gasteiger partial charge in [-0.15, -0.1) is 0 Å². The van der Waals surface area contributed by atoms with E-state index in [4.69, 9.17) is 0 Å². The van der Waals surface area contributed by atoms with E-state index in [1.165, 1.54) is 12.1 Å². The van der Waals surface area contributed by atoms with Crippen molar-refractivity contribution in [3.8, 4) is 0 Å². The van der Waals surface area contributed by atoms with Gasteiger partial charge in [-0.25, -0.2) is 4.39 Å². The minimum atomic E-state index is -0.241. The lowest BCUT2D eigenvalue weighted by atomic mass is 10.1. The number of aromatic nitrogens is 1. The van der Waals surface area contributed by atoms with Crippen molar-refractivity contribution in [3.63, 3.8) is 0 Å². The van der Waals surface area contributed by atoms with Crippen LogP contribution in [-0.2, 0) is 0 Å². The van der Waals surface area contributed by atoms with E-state index in [-0.39, 0.29) is 5.82 Å². The largest absolute Gasteiger partial charge is 0.256 e. The summed E-state index contributed by atoms with van der Waals surface area (Å²) in [5, 5.41) is 0.828. The lowest BCUT2D eigenvalue weighted by Gasteiger charge is -2.01. The van der Waals surface area contributed by atoms with Crippen molar-refractivity contribution in [1.29, 1.82) is 0 Å². The highest BCUT2D eigenvalue weighted by Crippen LogP contribution is 2.20. The summed E-state index contributed by atoms with van der Waals surface area (Å²) in [6.45, 7) is 0. The van der Waals surface area contributed by atoms with Crippen molar-refractivity contribution in [1.82, 2.24) is 4.98 Å². The normalized spacial score (nSPS) is 11.2. The number of nitrogens with zero attached hydrogens (tertiary/aromatic N) is 1. The van der Waals surface area contributed by atoms with Crippen LogP contribution < -0.4 is 0 Å². The zero-order valence-electron chi connectivity index (χ0n) is 10.3. The van der Waals surface area contributed by atoms with Crippen LogP contribution in [0.3, 0.4) is 0 Å². The number of hydrogen-bond acceptors (Lipinski definition) is 1. The van der Waals surface area contributed by atoms with Gasteiger partial charge in [0.1, 0.15) is 5.82 Å². The lowest BCUT2D eigenvalue weighted by Crippen LogP contribution is -1.84. The first-order chi connectivity index (χ1) is 9.33. The van der Waals surface area contributed by atoms with Gasteiger partial charge in [-0.2, -0.15) is 0 Å². The van der Waals surface area contributed by atoms with Crippen molar-refractivity contribution >= 4 is 23.1 Å². The molecule has 0 aliphatic carbocycles. The molecule has 3 rings (SSSR count). The van der Waals surface area contributed by atoms with Crippen LogP contribution in [0.2, 0.25) is 0 Å². The van der Waals surface area contributed by atoms with E-state index in [0.29, 0.717) is 0 Å². The molecule has 3 aromatic rings. The van der Waals surface area contributed by atoms with Gasteiger partial charge in [0, 0.05) is 11.6 Å². The van der Waals surface area contributed by atoms with Crippen LogP contribution in [0.4, 0.5) is 4.39 Å². The second-order valence-corrected chi connectivity index (χ2v) is 4.31. The standard InChI is InChI=1S/C17H12FN/c18-15-8-9-17-16(12-15)14(10-11-19-17)7-6-13-4-2-1-3-5-13/h1-12H/b7-6+. The molecule has 1 heterocycles. The highest BCUT2D eigenvalue weighted by atomic mass is 19.1. The molecule has 92 valence electrons. The number of pyridine rings is 1. The zero-order valence-corrected chi connectivity index (χ0v) is 10.3. The third-order valence-corrected chi connectivity index (χ3v) is 2.99. The fraction of sp³-hybridized carbons (Fsp3) is 0. The van der Waals surface area contributed by atoms with Gasteiger partial charge in [-0.05, 0) is 35.4 Å². The first kappa shape index (κ1) is 11.6. The molecule has 0 atom stereocenters. The third kappa shape index (κ3) is 2.52. The molecule has 0 radical (unpaired) electrons. The average Bonchev–Trinajstić information content (AvgIpc) is 2.46. The van der Waals surface area contributed by atoms with Gasteiger partial charge in [0.2, 0.25) is 0 Å². The maximum Gasteiger partial charge on any atom is 0.123 e. The maximum atomic E-state index is 13.3. The summed E-state index contributed by atoms with van der Waals surface area (Å²) in [5.41, 5.74) is 2.88. The Hall–Kier alpha value is -2.48. The average molecular weight is 249 g/mol. The van der Waals surface area contributed by atoms with Crippen LogP contribution in [0.1, 0.15) is 11.1 Å². The molecule has 1 aromatic heterocycles. The van der Waals surface area contributed by atoms with Crippen molar-refractivity contribution < 1.29 is 4.39 Å². The van der Waals surface area contributed by atoms with Crippen LogP contribution in [0.5, 0.6) is 0 Å². The summed E-state index contributed by atoms with van der Waals surface area (Å²) in [6, 6.07) is 16.6. The highest BCUT2D eigenvalue weighted by Gasteiger charge is 2.00. The summed E-state index contributed by atoms with van der Waals surface area (Å²) in [5.74, 6) is -0.241. The van der Waals surface area contributed by atoms with E-state index in [1.807, 2.05) is 48.6 Å². The zero-order chi connectivity index (χ0) is 13.1. The summed E-state index contributed by atoms with van der Waals surface area (Å²) < 4.78 is 13.3. The fourth-order valence-corrected chi connectivity index (χ4v) is 2.04. The van der Waals surface area contributed by atoms with Crippen LogP contribution in [0, 0.1) is 5.82 Å². The van der Waals surface area contributed by atoms with Gasteiger partial charge in [0.15, 0.2) is 0 Å². The molecule has 1 nitrogen and oxygen atoms in total. The first-order valence-corrected chi connectivity index (χ1v) is 6.10. The fourth-order valence-electron chi connectivity index (χ4n) is 2.04. The van der Waals surface area contributed by atoms with Gasteiger partial charge >= 0.3 is 0 Å². The highest BCUT2D eigenvalue weighted by molar-refractivity contribution is 5.90. The van der Waals surface area contributed by atoms with E-state index < -0.39 is 0 Å². The smallest absolute Gasteiger partial charge is 0.123 e. The third-order valence-electron chi connectivity index (χ3n) is 2.99. The Kier molecular flexibility index (Phi) is 3.07. The molecule has 0 aliphatic rings. The number of benzene rings is 2. The summed E-state index contributed by atoms with van der Waals surface area (Å²) in [4.78, 5) is 4.24. The van der Waals surface area contributed by atoms with E-state index in [9.17, 15) is 4.39 Å². The number of halogens is 1. The van der Waals surface area contributed by atoms with Gasteiger partial charge in [0.25, 0.3) is 0 Å². The second-order valence-electron chi connectivity index (χ2n) is 4.31. The Morgan fingerprint density at radius 1 is 0.895 bits per heavy atom. The molecule has 0 bridgehead atoms. The Bertz CT molecular complexity index is 733. The monoisotopic (exact) mass is 249 g/mol. The Labute approximate surface area is 111 Å². The lowest BCUT2D eigenvalue weighted by molar-refractivity contribution is 0.629. The van der Waals surface area contributed by atoms with Crippen molar-refractivity contribution in [2.24, 2.45) is 0 Å². The number of rotatable bonds is 2. The van der Waals surface area contributed by atoms with Gasteiger partial charge in [0.05, 0.1) is 5.52 Å². The van der Waals surface area contributed by atoms with Crippen molar-refractivity contribution in [2.45, 2.75) is 0 Å². The molecule has 0 N–H and O–H groups in total.